The van der Waals surface area contributed by atoms with Crippen molar-refractivity contribution in [2.75, 3.05) is 0 Å². The third kappa shape index (κ3) is 5.79. The van der Waals surface area contributed by atoms with Crippen LogP contribution in [0.4, 0.5) is 11.4 Å². The molecule has 0 bridgehead atoms. The van der Waals surface area contributed by atoms with E-state index < -0.39 is 4.92 Å². The minimum atomic E-state index is -0.454. The lowest BCUT2D eigenvalue weighted by molar-refractivity contribution is -0.384. The van der Waals surface area contributed by atoms with Gasteiger partial charge in [-0.1, -0.05) is 57.3 Å². The molecule has 0 saturated carbocycles. The Balaban J connectivity index is 1.57. The minimum absolute atomic E-state index is 0.00935. The third-order valence-corrected chi connectivity index (χ3v) is 6.79. The molecular formula is C23H14BrCl2N3O4S. The van der Waals surface area contributed by atoms with E-state index in [0.29, 0.717) is 42.7 Å². The van der Waals surface area contributed by atoms with Gasteiger partial charge in [0.15, 0.2) is 5.17 Å². The number of amidine groups is 1. The number of hydrogen-bond donors (Lipinski definition) is 1. The van der Waals surface area contributed by atoms with E-state index in [-0.39, 0.29) is 18.2 Å². The molecule has 1 aliphatic heterocycles. The van der Waals surface area contributed by atoms with Crippen LogP contribution in [0.25, 0.3) is 6.08 Å². The molecule has 0 aliphatic carbocycles. The van der Waals surface area contributed by atoms with Crippen LogP contribution in [0.5, 0.6) is 5.75 Å². The highest BCUT2D eigenvalue weighted by molar-refractivity contribution is 9.10. The Morgan fingerprint density at radius 2 is 1.94 bits per heavy atom. The number of halogens is 3. The van der Waals surface area contributed by atoms with Gasteiger partial charge in [0.2, 0.25) is 0 Å². The number of nitro benzene ring substituents is 1. The molecule has 0 atom stereocenters. The van der Waals surface area contributed by atoms with Gasteiger partial charge in [-0.2, -0.15) is 0 Å². The van der Waals surface area contributed by atoms with Crippen LogP contribution >= 0.6 is 50.9 Å². The molecule has 1 N–H and O–H groups in total. The highest BCUT2D eigenvalue weighted by Crippen LogP contribution is 2.35. The molecule has 34 heavy (non-hydrogen) atoms. The van der Waals surface area contributed by atoms with E-state index in [2.05, 4.69) is 26.2 Å². The molecule has 0 spiro atoms. The predicted octanol–water partition coefficient (Wildman–Crippen LogP) is 7.13. The van der Waals surface area contributed by atoms with Gasteiger partial charge in [0.05, 0.1) is 25.6 Å². The number of nitro groups is 1. The lowest BCUT2D eigenvalue weighted by atomic mass is 10.1. The number of nitrogens with zero attached hydrogens (tertiary/aromatic N) is 2. The lowest BCUT2D eigenvalue weighted by Gasteiger charge is -2.10. The average Bonchev–Trinajstić information content (AvgIpc) is 3.15. The highest BCUT2D eigenvalue weighted by atomic mass is 79.9. The molecule has 0 aromatic heterocycles. The molecule has 4 rings (SSSR count). The Bertz CT molecular complexity index is 1360. The summed E-state index contributed by atoms with van der Waals surface area (Å²) in [5.41, 5.74) is 1.74. The first-order chi connectivity index (χ1) is 16.3. The Morgan fingerprint density at radius 1 is 1.15 bits per heavy atom. The summed E-state index contributed by atoms with van der Waals surface area (Å²) in [4.78, 5) is 27.9. The molecule has 1 amide bonds. The van der Waals surface area contributed by atoms with Crippen molar-refractivity contribution < 1.29 is 14.5 Å². The quantitative estimate of drug-likeness (QED) is 0.191. The molecule has 0 radical (unpaired) electrons. The Kier molecular flexibility index (Phi) is 7.57. The number of hydrogen-bond acceptors (Lipinski definition) is 6. The molecule has 172 valence electrons. The van der Waals surface area contributed by atoms with Crippen LogP contribution in [0.3, 0.4) is 0 Å². The highest BCUT2D eigenvalue weighted by Gasteiger charge is 2.25. The zero-order chi connectivity index (χ0) is 24.2. The number of amides is 1. The number of carbonyl (C=O) groups excluding carboxylic acids is 1. The minimum Gasteiger partial charge on any atom is -0.488 e. The zero-order valence-corrected chi connectivity index (χ0v) is 21.0. The summed E-state index contributed by atoms with van der Waals surface area (Å²) in [7, 11) is 0. The van der Waals surface area contributed by atoms with Gasteiger partial charge in [-0.3, -0.25) is 14.9 Å². The van der Waals surface area contributed by atoms with Gasteiger partial charge in [0, 0.05) is 22.2 Å². The third-order valence-electron chi connectivity index (χ3n) is 4.58. The van der Waals surface area contributed by atoms with Crippen LogP contribution in [-0.4, -0.2) is 16.0 Å². The van der Waals surface area contributed by atoms with E-state index in [1.54, 1.807) is 48.5 Å². The second-order valence-corrected chi connectivity index (χ2v) is 9.68. The van der Waals surface area contributed by atoms with E-state index in [1.807, 2.05) is 6.07 Å². The number of non-ortho nitro benzene ring substituents is 1. The largest absolute Gasteiger partial charge is 0.488 e. The average molecular weight is 579 g/mol. The molecule has 0 unspecified atom stereocenters. The molecule has 1 fully saturated rings. The van der Waals surface area contributed by atoms with Gasteiger partial charge in [-0.05, 0) is 53.7 Å². The molecule has 3 aromatic carbocycles. The fourth-order valence-corrected chi connectivity index (χ4v) is 4.54. The summed E-state index contributed by atoms with van der Waals surface area (Å²) < 4.78 is 6.71. The van der Waals surface area contributed by atoms with E-state index in [9.17, 15) is 14.9 Å². The van der Waals surface area contributed by atoms with Crippen molar-refractivity contribution >= 4 is 79.4 Å². The van der Waals surface area contributed by atoms with Crippen molar-refractivity contribution in [3.8, 4) is 5.75 Å². The Morgan fingerprint density at radius 3 is 2.74 bits per heavy atom. The van der Waals surface area contributed by atoms with Crippen LogP contribution in [0.2, 0.25) is 10.0 Å². The topological polar surface area (TPSA) is 93.8 Å². The van der Waals surface area contributed by atoms with Crippen molar-refractivity contribution in [2.24, 2.45) is 4.99 Å². The summed E-state index contributed by atoms with van der Waals surface area (Å²) >= 11 is 16.8. The smallest absolute Gasteiger partial charge is 0.269 e. The zero-order valence-electron chi connectivity index (χ0n) is 17.1. The van der Waals surface area contributed by atoms with Gasteiger partial charge >= 0.3 is 0 Å². The fraction of sp³-hybridized carbons (Fsp3) is 0.0435. The maximum atomic E-state index is 12.6. The van der Waals surface area contributed by atoms with Gasteiger partial charge < -0.3 is 10.1 Å². The monoisotopic (exact) mass is 577 g/mol. The van der Waals surface area contributed by atoms with Crippen molar-refractivity contribution in [3.63, 3.8) is 0 Å². The molecule has 1 heterocycles. The standard InChI is InChI=1S/C23H14BrCl2N3O4S/c24-15-7-8-19(33-12-13-3-1-4-16(9-13)29(31)32)14(10-15)11-20-22(30)28-23(34-20)27-18-6-2-5-17(25)21(18)26/h1-11H,12H2,(H,27,28,30)/b20-11+. The van der Waals surface area contributed by atoms with E-state index in [0.717, 1.165) is 16.2 Å². The lowest BCUT2D eigenvalue weighted by Crippen LogP contribution is -2.19. The summed E-state index contributed by atoms with van der Waals surface area (Å²) in [6.45, 7) is 0.124. The second kappa shape index (κ2) is 10.6. The first kappa shape index (κ1) is 24.3. The number of benzene rings is 3. The van der Waals surface area contributed by atoms with Crippen LogP contribution in [0.1, 0.15) is 11.1 Å². The summed E-state index contributed by atoms with van der Waals surface area (Å²) in [6.07, 6.45) is 1.69. The molecule has 1 aliphatic rings. The number of rotatable bonds is 6. The van der Waals surface area contributed by atoms with Crippen molar-refractivity contribution in [2.45, 2.75) is 6.61 Å². The van der Waals surface area contributed by atoms with Crippen molar-refractivity contribution in [3.05, 3.63) is 101 Å². The Hall–Kier alpha value is -2.85. The number of carbonyl (C=O) groups is 1. The fourth-order valence-electron chi connectivity index (χ4n) is 2.99. The van der Waals surface area contributed by atoms with Crippen molar-refractivity contribution in [1.82, 2.24) is 5.32 Å². The van der Waals surface area contributed by atoms with E-state index >= 15 is 0 Å². The van der Waals surface area contributed by atoms with Crippen LogP contribution < -0.4 is 10.1 Å². The first-order valence-corrected chi connectivity index (χ1v) is 12.1. The van der Waals surface area contributed by atoms with Crippen LogP contribution in [-0.2, 0) is 11.4 Å². The number of ether oxygens (including phenoxy) is 1. The molecule has 11 heteroatoms. The summed E-state index contributed by atoms with van der Waals surface area (Å²) in [5.74, 6) is 0.199. The van der Waals surface area contributed by atoms with Crippen LogP contribution in [0.15, 0.2) is 75.0 Å². The molecule has 7 nitrogen and oxygen atoms in total. The molecular weight excluding hydrogens is 565 g/mol. The van der Waals surface area contributed by atoms with Crippen molar-refractivity contribution in [1.29, 1.82) is 0 Å². The maximum Gasteiger partial charge on any atom is 0.269 e. The van der Waals surface area contributed by atoms with Gasteiger partial charge in [0.25, 0.3) is 11.6 Å². The maximum absolute atomic E-state index is 12.6. The SMILES string of the molecule is O=C1NC(=Nc2cccc(Cl)c2Cl)S/C1=C/c1cc(Br)ccc1OCc1cccc([N+](=O)[O-])c1. The van der Waals surface area contributed by atoms with Crippen LogP contribution in [0, 0.1) is 10.1 Å². The van der Waals surface area contributed by atoms with Gasteiger partial charge in [-0.15, -0.1) is 0 Å². The number of thioether (sulfide) groups is 1. The molecule has 1 saturated heterocycles. The first-order valence-electron chi connectivity index (χ1n) is 9.69. The number of nitrogens with one attached hydrogen (secondary N) is 1. The number of aliphatic imine (C=N–C) groups is 1. The summed E-state index contributed by atoms with van der Waals surface area (Å²) in [6, 6.07) is 16.7. The molecule has 3 aromatic rings. The second-order valence-electron chi connectivity index (χ2n) is 6.95. The van der Waals surface area contributed by atoms with Gasteiger partial charge in [-0.25, -0.2) is 4.99 Å². The Labute approximate surface area is 217 Å². The predicted molar refractivity (Wildman–Crippen MR) is 139 cm³/mol. The van der Waals surface area contributed by atoms with E-state index in [1.165, 1.54) is 12.1 Å². The van der Waals surface area contributed by atoms with E-state index in [4.69, 9.17) is 27.9 Å². The summed E-state index contributed by atoms with van der Waals surface area (Å²) in [5, 5.41) is 14.8. The normalized spacial score (nSPS) is 15.6. The van der Waals surface area contributed by atoms with Gasteiger partial charge in [0.1, 0.15) is 12.4 Å².